The molecule has 4 nitrogen and oxygen atoms in total. The fraction of sp³-hybridized carbons (Fsp3) is 0. The van der Waals surface area contributed by atoms with Crippen molar-refractivity contribution in [1.82, 2.24) is 19.5 Å². The molecule has 0 bridgehead atoms. The standard InChI is InChI=1S/C57H36N4S/c1-2-15-39(16-3-1)42-17-4-5-22-48(42)56-58-55(59-57(60-56)49-24-14-23-47-46-21-9-13-28-53(46)62-54(47)49)41-35-31-38(32-36-41)37-29-33-40(34-30-37)43-18-6-10-25-50(43)61-51-26-11-7-19-44(51)45-20-8-12-27-52(45)61/h1-36H. The van der Waals surface area contributed by atoms with Crippen molar-refractivity contribution in [2.75, 3.05) is 0 Å². The van der Waals surface area contributed by atoms with Crippen LogP contribution in [0.1, 0.15) is 0 Å². The normalized spacial score (nSPS) is 11.5. The lowest BCUT2D eigenvalue weighted by atomic mass is 9.98. The van der Waals surface area contributed by atoms with Crippen molar-refractivity contribution < 1.29 is 0 Å². The van der Waals surface area contributed by atoms with Gasteiger partial charge >= 0.3 is 0 Å². The van der Waals surface area contributed by atoms with Crippen molar-refractivity contribution in [3.05, 3.63) is 218 Å². The number of fused-ring (bicyclic) bond motifs is 6. The van der Waals surface area contributed by atoms with Gasteiger partial charge in [0, 0.05) is 53.2 Å². The zero-order chi connectivity index (χ0) is 41.0. The van der Waals surface area contributed by atoms with Gasteiger partial charge in [0.1, 0.15) is 0 Å². The van der Waals surface area contributed by atoms with Crippen LogP contribution in [0, 0.1) is 0 Å². The van der Waals surface area contributed by atoms with E-state index in [9.17, 15) is 0 Å². The maximum atomic E-state index is 5.24. The van der Waals surface area contributed by atoms with Crippen LogP contribution in [0.2, 0.25) is 0 Å². The number of aromatic nitrogens is 4. The molecule has 0 aliphatic rings. The number of hydrogen-bond donors (Lipinski definition) is 0. The molecule has 0 aliphatic carbocycles. The molecule has 62 heavy (non-hydrogen) atoms. The summed E-state index contributed by atoms with van der Waals surface area (Å²) in [5.74, 6) is 1.93. The summed E-state index contributed by atoms with van der Waals surface area (Å²) in [5.41, 5.74) is 13.3. The molecule has 0 fully saturated rings. The van der Waals surface area contributed by atoms with E-state index in [1.807, 2.05) is 6.07 Å². The van der Waals surface area contributed by atoms with Crippen LogP contribution in [0.15, 0.2) is 218 Å². The quantitative estimate of drug-likeness (QED) is 0.161. The average Bonchev–Trinajstić information content (AvgIpc) is 3.90. The first kappa shape index (κ1) is 35.9. The van der Waals surface area contributed by atoms with Gasteiger partial charge in [-0.15, -0.1) is 11.3 Å². The van der Waals surface area contributed by atoms with E-state index in [1.54, 1.807) is 11.3 Å². The number of nitrogens with zero attached hydrogens (tertiary/aromatic N) is 4. The maximum absolute atomic E-state index is 5.24. The third-order valence-electron chi connectivity index (χ3n) is 11.9. The Bertz CT molecular complexity index is 3570. The van der Waals surface area contributed by atoms with Gasteiger partial charge in [-0.2, -0.15) is 0 Å². The Labute approximate surface area is 362 Å². The van der Waals surface area contributed by atoms with Crippen molar-refractivity contribution in [3.8, 4) is 73.2 Å². The molecule has 12 aromatic rings. The van der Waals surface area contributed by atoms with Gasteiger partial charge in [-0.3, -0.25) is 0 Å². The van der Waals surface area contributed by atoms with Crippen LogP contribution in [0.4, 0.5) is 0 Å². The highest BCUT2D eigenvalue weighted by Gasteiger charge is 2.19. The van der Waals surface area contributed by atoms with E-state index in [4.69, 9.17) is 15.0 Å². The topological polar surface area (TPSA) is 43.6 Å². The van der Waals surface area contributed by atoms with Crippen molar-refractivity contribution in [3.63, 3.8) is 0 Å². The molecule has 3 heterocycles. The third-order valence-corrected chi connectivity index (χ3v) is 13.2. The summed E-state index contributed by atoms with van der Waals surface area (Å²) in [4.78, 5) is 15.7. The Morgan fingerprint density at radius 3 is 1.47 bits per heavy atom. The van der Waals surface area contributed by atoms with Crippen LogP contribution < -0.4 is 0 Å². The number of benzene rings is 9. The van der Waals surface area contributed by atoms with E-state index in [0.29, 0.717) is 17.5 Å². The second-order valence-electron chi connectivity index (χ2n) is 15.5. The minimum atomic E-state index is 0.634. The zero-order valence-electron chi connectivity index (χ0n) is 33.5. The summed E-state index contributed by atoms with van der Waals surface area (Å²) in [6.07, 6.45) is 0. The monoisotopic (exact) mass is 808 g/mol. The smallest absolute Gasteiger partial charge is 0.165 e. The first-order valence-electron chi connectivity index (χ1n) is 20.9. The molecule has 0 spiro atoms. The second kappa shape index (κ2) is 14.9. The summed E-state index contributed by atoms with van der Waals surface area (Å²) in [7, 11) is 0. The van der Waals surface area contributed by atoms with E-state index in [-0.39, 0.29) is 0 Å². The lowest BCUT2D eigenvalue weighted by Gasteiger charge is -2.14. The van der Waals surface area contributed by atoms with Gasteiger partial charge in [-0.05, 0) is 58.1 Å². The Kier molecular flexibility index (Phi) is 8.65. The highest BCUT2D eigenvalue weighted by Crippen LogP contribution is 2.41. The predicted molar refractivity (Wildman–Crippen MR) is 260 cm³/mol. The fourth-order valence-electron chi connectivity index (χ4n) is 8.97. The van der Waals surface area contributed by atoms with Crippen molar-refractivity contribution >= 4 is 53.3 Å². The van der Waals surface area contributed by atoms with Gasteiger partial charge < -0.3 is 4.57 Å². The van der Waals surface area contributed by atoms with Crippen LogP contribution >= 0.6 is 11.3 Å². The largest absolute Gasteiger partial charge is 0.309 e. The molecule has 0 N–H and O–H groups in total. The summed E-state index contributed by atoms with van der Waals surface area (Å²) >= 11 is 1.78. The lowest BCUT2D eigenvalue weighted by Crippen LogP contribution is -2.01. The molecule has 9 aromatic carbocycles. The van der Waals surface area contributed by atoms with Gasteiger partial charge in [0.25, 0.3) is 0 Å². The Balaban J connectivity index is 0.932. The van der Waals surface area contributed by atoms with Crippen molar-refractivity contribution in [1.29, 1.82) is 0 Å². The van der Waals surface area contributed by atoms with Crippen LogP contribution in [0.5, 0.6) is 0 Å². The number of para-hydroxylation sites is 3. The number of thiophene rings is 1. The highest BCUT2D eigenvalue weighted by atomic mass is 32.1. The first-order valence-corrected chi connectivity index (χ1v) is 21.7. The van der Waals surface area contributed by atoms with E-state index in [0.717, 1.165) is 50.2 Å². The van der Waals surface area contributed by atoms with Gasteiger partial charge in [0.05, 0.1) is 16.7 Å². The molecule has 12 rings (SSSR count). The Morgan fingerprint density at radius 2 is 0.758 bits per heavy atom. The Hall–Kier alpha value is -7.99. The van der Waals surface area contributed by atoms with Gasteiger partial charge in [0.2, 0.25) is 0 Å². The molecule has 5 heteroatoms. The molecule has 0 unspecified atom stereocenters. The first-order chi connectivity index (χ1) is 30.7. The number of hydrogen-bond acceptors (Lipinski definition) is 4. The van der Waals surface area contributed by atoms with E-state index >= 15 is 0 Å². The van der Waals surface area contributed by atoms with Gasteiger partial charge in [-0.25, -0.2) is 15.0 Å². The van der Waals surface area contributed by atoms with E-state index < -0.39 is 0 Å². The molecule has 0 saturated carbocycles. The molecule has 0 aliphatic heterocycles. The molecule has 0 atom stereocenters. The molecule has 290 valence electrons. The Morgan fingerprint density at radius 1 is 0.290 bits per heavy atom. The van der Waals surface area contributed by atoms with Crippen molar-refractivity contribution in [2.24, 2.45) is 0 Å². The minimum Gasteiger partial charge on any atom is -0.309 e. The molecular weight excluding hydrogens is 773 g/mol. The van der Waals surface area contributed by atoms with Crippen molar-refractivity contribution in [2.45, 2.75) is 0 Å². The van der Waals surface area contributed by atoms with Crippen LogP contribution in [-0.4, -0.2) is 19.5 Å². The molecule has 3 aromatic heterocycles. The van der Waals surface area contributed by atoms with Crippen LogP contribution in [-0.2, 0) is 0 Å². The van der Waals surface area contributed by atoms with Gasteiger partial charge in [0.15, 0.2) is 17.5 Å². The summed E-state index contributed by atoms with van der Waals surface area (Å²) < 4.78 is 4.81. The fourth-order valence-corrected chi connectivity index (χ4v) is 10.2. The molecule has 0 amide bonds. The summed E-state index contributed by atoms with van der Waals surface area (Å²) in [6.45, 7) is 0. The van der Waals surface area contributed by atoms with Gasteiger partial charge in [-0.1, -0.05) is 188 Å². The van der Waals surface area contributed by atoms with E-state index in [2.05, 4.69) is 217 Å². The molecule has 0 saturated heterocycles. The average molecular weight is 809 g/mol. The lowest BCUT2D eigenvalue weighted by molar-refractivity contribution is 1.08. The minimum absolute atomic E-state index is 0.634. The summed E-state index contributed by atoms with van der Waals surface area (Å²) in [6, 6.07) is 77.4. The SMILES string of the molecule is c1ccc(-c2ccccc2-c2nc(-c3ccc(-c4ccc(-c5ccccc5-n5c6ccccc6c6ccccc65)cc4)cc3)nc(-c3cccc4c3sc3ccccc34)n2)cc1. The zero-order valence-corrected chi connectivity index (χ0v) is 34.3. The maximum Gasteiger partial charge on any atom is 0.165 e. The second-order valence-corrected chi connectivity index (χ2v) is 16.6. The predicted octanol–water partition coefficient (Wildman–Crippen LogP) is 15.3. The highest BCUT2D eigenvalue weighted by molar-refractivity contribution is 7.26. The number of rotatable bonds is 7. The molecular formula is C57H36N4S. The van der Waals surface area contributed by atoms with Crippen LogP contribution in [0.25, 0.3) is 115 Å². The van der Waals surface area contributed by atoms with E-state index in [1.165, 1.54) is 47.5 Å². The molecule has 0 radical (unpaired) electrons. The van der Waals surface area contributed by atoms with Crippen LogP contribution in [0.3, 0.4) is 0 Å². The third kappa shape index (κ3) is 6.09. The summed E-state index contributed by atoms with van der Waals surface area (Å²) in [5, 5.41) is 4.97.